The summed E-state index contributed by atoms with van der Waals surface area (Å²) in [6.07, 6.45) is 9.45. The Labute approximate surface area is 228 Å². The van der Waals surface area contributed by atoms with E-state index in [0.29, 0.717) is 11.5 Å². The number of benzene rings is 1. The van der Waals surface area contributed by atoms with Crippen LogP contribution in [0.3, 0.4) is 0 Å². The predicted molar refractivity (Wildman–Crippen MR) is 152 cm³/mol. The molecule has 0 radical (unpaired) electrons. The fourth-order valence-corrected chi connectivity index (χ4v) is 6.69. The molecule has 0 unspecified atom stereocenters. The lowest BCUT2D eigenvalue weighted by Gasteiger charge is -2.31. The minimum absolute atomic E-state index is 0.0434. The lowest BCUT2D eigenvalue weighted by Crippen LogP contribution is -2.47. The van der Waals surface area contributed by atoms with Crippen molar-refractivity contribution in [3.05, 3.63) is 51.9 Å². The first-order valence-corrected chi connectivity index (χ1v) is 15.1. The Morgan fingerprint density at radius 3 is 2.46 bits per heavy atom. The van der Waals surface area contributed by atoms with Gasteiger partial charge in [0, 0.05) is 36.5 Å². The second-order valence-electron chi connectivity index (χ2n) is 11.3. The highest BCUT2D eigenvalue weighted by Gasteiger charge is 2.35. The van der Waals surface area contributed by atoms with Crippen molar-refractivity contribution >= 4 is 45.5 Å². The normalized spacial score (nSPS) is 20.6. The molecule has 0 bridgehead atoms. The van der Waals surface area contributed by atoms with Gasteiger partial charge in [-0.15, -0.1) is 11.3 Å². The number of amides is 2. The molecule has 0 aliphatic heterocycles. The molecule has 1 aromatic heterocycles. The van der Waals surface area contributed by atoms with E-state index in [1.54, 1.807) is 11.3 Å². The van der Waals surface area contributed by atoms with Gasteiger partial charge in [-0.25, -0.2) is 0 Å². The lowest BCUT2D eigenvalue weighted by atomic mass is 9.91. The summed E-state index contributed by atoms with van der Waals surface area (Å²) >= 11 is 7.54. The van der Waals surface area contributed by atoms with Gasteiger partial charge in [-0.3, -0.25) is 9.59 Å². The summed E-state index contributed by atoms with van der Waals surface area (Å²) in [5.41, 5.74) is 3.04. The third-order valence-corrected chi connectivity index (χ3v) is 9.51. The van der Waals surface area contributed by atoms with E-state index in [-0.39, 0.29) is 23.8 Å². The van der Waals surface area contributed by atoms with Crippen LogP contribution in [0.15, 0.2) is 30.3 Å². The Balaban J connectivity index is 1.17. The number of rotatable bonds is 10. The second-order valence-corrected chi connectivity index (χ2v) is 12.8. The van der Waals surface area contributed by atoms with E-state index in [4.69, 9.17) is 12.2 Å². The second kappa shape index (κ2) is 10.7. The van der Waals surface area contributed by atoms with Gasteiger partial charge in [0.05, 0.1) is 5.56 Å². The van der Waals surface area contributed by atoms with Crippen molar-refractivity contribution in [2.75, 3.05) is 18.4 Å². The van der Waals surface area contributed by atoms with E-state index in [1.165, 1.54) is 36.1 Å². The highest BCUT2D eigenvalue weighted by Crippen LogP contribution is 2.40. The zero-order valence-electron chi connectivity index (χ0n) is 21.3. The first kappa shape index (κ1) is 24.9. The molecule has 3 fully saturated rings. The van der Waals surface area contributed by atoms with Crippen LogP contribution in [0.5, 0.6) is 0 Å². The maximum atomic E-state index is 13.4. The smallest absolute Gasteiger partial charge is 0.254 e. The molecule has 6 nitrogen and oxygen atoms in total. The molecular formula is C29H36N4O2S2. The van der Waals surface area contributed by atoms with Crippen LogP contribution >= 0.6 is 23.6 Å². The Bertz CT molecular complexity index is 1170. The topological polar surface area (TPSA) is 73.5 Å². The Morgan fingerprint density at radius 2 is 1.76 bits per heavy atom. The molecule has 37 heavy (non-hydrogen) atoms. The van der Waals surface area contributed by atoms with Crippen molar-refractivity contribution in [1.82, 2.24) is 15.5 Å². The summed E-state index contributed by atoms with van der Waals surface area (Å²) in [4.78, 5) is 29.5. The van der Waals surface area contributed by atoms with Gasteiger partial charge in [-0.05, 0) is 93.0 Å². The van der Waals surface area contributed by atoms with E-state index in [1.807, 2.05) is 6.07 Å². The molecule has 1 heterocycles. The van der Waals surface area contributed by atoms with Crippen LogP contribution < -0.4 is 16.0 Å². The summed E-state index contributed by atoms with van der Waals surface area (Å²) in [7, 11) is 0. The van der Waals surface area contributed by atoms with Crippen molar-refractivity contribution in [3.8, 4) is 0 Å². The maximum absolute atomic E-state index is 13.4. The average molecular weight is 537 g/mol. The number of nitrogens with zero attached hydrogens (tertiary/aromatic N) is 1. The molecular weight excluding hydrogens is 500 g/mol. The Kier molecular flexibility index (Phi) is 7.21. The summed E-state index contributed by atoms with van der Waals surface area (Å²) in [5, 5.41) is 11.5. The van der Waals surface area contributed by atoms with Crippen molar-refractivity contribution in [3.63, 3.8) is 0 Å². The van der Waals surface area contributed by atoms with Crippen LogP contribution in [0, 0.1) is 17.8 Å². The average Bonchev–Trinajstić information content (AvgIpc) is 3.73. The van der Waals surface area contributed by atoms with Gasteiger partial charge < -0.3 is 20.9 Å². The largest absolute Gasteiger partial charge is 0.359 e. The van der Waals surface area contributed by atoms with Crippen molar-refractivity contribution in [2.24, 2.45) is 17.8 Å². The fourth-order valence-electron chi connectivity index (χ4n) is 5.14. The van der Waals surface area contributed by atoms with Gasteiger partial charge in [0.15, 0.2) is 5.11 Å². The maximum Gasteiger partial charge on any atom is 0.254 e. The molecule has 0 spiro atoms. The molecule has 2 amide bonds. The summed E-state index contributed by atoms with van der Waals surface area (Å²) in [6, 6.07) is 10.7. The van der Waals surface area contributed by atoms with Crippen LogP contribution in [0.2, 0.25) is 0 Å². The number of thiocarbonyl (C=S) groups is 1. The number of fused-ring (bicyclic) bond motifs is 1. The van der Waals surface area contributed by atoms with Gasteiger partial charge in [0.1, 0.15) is 5.00 Å². The fraction of sp³-hybridized carbons (Fsp3) is 0.552. The molecule has 8 heteroatoms. The lowest BCUT2D eigenvalue weighted by molar-refractivity contribution is -0.117. The Morgan fingerprint density at radius 1 is 1.00 bits per heavy atom. The number of anilines is 1. The minimum atomic E-state index is -0.0434. The zero-order valence-corrected chi connectivity index (χ0v) is 22.9. The van der Waals surface area contributed by atoms with Crippen LogP contribution in [-0.2, 0) is 24.2 Å². The van der Waals surface area contributed by atoms with Gasteiger partial charge in [0.25, 0.3) is 5.91 Å². The first-order valence-electron chi connectivity index (χ1n) is 13.9. The number of aryl methyl sites for hydroxylation is 1. The van der Waals surface area contributed by atoms with Gasteiger partial charge in [0.2, 0.25) is 5.91 Å². The van der Waals surface area contributed by atoms with Gasteiger partial charge in [-0.1, -0.05) is 30.3 Å². The number of hydrogen-bond acceptors (Lipinski definition) is 4. The summed E-state index contributed by atoms with van der Waals surface area (Å²) in [6.45, 7) is 2.52. The molecule has 6 rings (SSSR count). The molecule has 196 valence electrons. The predicted octanol–water partition coefficient (Wildman–Crippen LogP) is 4.88. The molecule has 2 aromatic rings. The van der Waals surface area contributed by atoms with Crippen molar-refractivity contribution < 1.29 is 9.59 Å². The highest BCUT2D eigenvalue weighted by atomic mass is 32.1. The molecule has 3 N–H and O–H groups in total. The van der Waals surface area contributed by atoms with Crippen molar-refractivity contribution in [2.45, 2.75) is 70.4 Å². The highest BCUT2D eigenvalue weighted by molar-refractivity contribution is 7.80. The van der Waals surface area contributed by atoms with Crippen LogP contribution in [0.1, 0.15) is 71.3 Å². The number of carbonyl (C=O) groups is 2. The molecule has 0 saturated heterocycles. The number of nitrogens with one attached hydrogen (secondary N) is 3. The van der Waals surface area contributed by atoms with E-state index < -0.39 is 0 Å². The van der Waals surface area contributed by atoms with E-state index >= 15 is 0 Å². The van der Waals surface area contributed by atoms with Crippen molar-refractivity contribution in [1.29, 1.82) is 0 Å². The van der Waals surface area contributed by atoms with E-state index in [9.17, 15) is 9.59 Å². The quantitative estimate of drug-likeness (QED) is 0.378. The third kappa shape index (κ3) is 6.34. The van der Waals surface area contributed by atoms with Gasteiger partial charge in [-0.2, -0.15) is 0 Å². The van der Waals surface area contributed by atoms with Crippen LogP contribution in [-0.4, -0.2) is 41.0 Å². The standard InChI is InChI=1S/C29H36N4O2S2/c34-26(21-10-11-21)32-28-25(27(35)30-15-18-6-7-18)23-14-22(12-13-24(23)37-28)31-29(36)33(17-20-8-9-20)16-19-4-2-1-3-5-19/h1-5,18,20-22H,6-17H2,(H,30,35)(H,31,36)(H,32,34)/t22-/m0/s1. The molecule has 1 atom stereocenters. The molecule has 4 aliphatic rings. The molecule has 3 saturated carbocycles. The SMILES string of the molecule is O=C(NCC1CC1)c1c(NC(=O)C2CC2)sc2c1C[C@@H](NC(=S)N(Cc1ccccc1)CC1CC1)CC2. The van der Waals surface area contributed by atoms with Crippen LogP contribution in [0.4, 0.5) is 5.00 Å². The molecule has 1 aromatic carbocycles. The Hall–Kier alpha value is -2.45. The number of thiophene rings is 1. The third-order valence-electron chi connectivity index (χ3n) is 7.93. The summed E-state index contributed by atoms with van der Waals surface area (Å²) < 4.78 is 0. The number of hydrogen-bond donors (Lipinski definition) is 3. The minimum Gasteiger partial charge on any atom is -0.359 e. The monoisotopic (exact) mass is 536 g/mol. The molecule has 4 aliphatic carbocycles. The van der Waals surface area contributed by atoms with E-state index in [0.717, 1.165) is 73.3 Å². The van der Waals surface area contributed by atoms with Gasteiger partial charge >= 0.3 is 0 Å². The summed E-state index contributed by atoms with van der Waals surface area (Å²) in [5.74, 6) is 1.46. The first-order chi connectivity index (χ1) is 18.0. The van der Waals surface area contributed by atoms with E-state index in [2.05, 4.69) is 45.1 Å². The number of carbonyl (C=O) groups excluding carboxylic acids is 2. The zero-order chi connectivity index (χ0) is 25.4. The van der Waals surface area contributed by atoms with Crippen LogP contribution in [0.25, 0.3) is 0 Å².